The second-order valence-corrected chi connectivity index (χ2v) is 6.49. The zero-order valence-corrected chi connectivity index (χ0v) is 10.4. The number of anilines is 1. The number of sulfone groups is 1. The van der Waals surface area contributed by atoms with Crippen molar-refractivity contribution in [2.24, 2.45) is 0 Å². The summed E-state index contributed by atoms with van der Waals surface area (Å²) in [6.45, 7) is 0.204. The predicted octanol–water partition coefficient (Wildman–Crippen LogP) is 0.279. The lowest BCUT2D eigenvalue weighted by atomic mass is 10.1. The van der Waals surface area contributed by atoms with Gasteiger partial charge in [0, 0.05) is 18.8 Å². The summed E-state index contributed by atoms with van der Waals surface area (Å²) in [7, 11) is -3.06. The van der Waals surface area contributed by atoms with Gasteiger partial charge in [0.15, 0.2) is 9.84 Å². The van der Waals surface area contributed by atoms with Crippen LogP contribution in [0.15, 0.2) is 18.2 Å². The van der Waals surface area contributed by atoms with Gasteiger partial charge in [0.2, 0.25) is 0 Å². The highest BCUT2D eigenvalue weighted by Gasteiger charge is 2.27. The summed E-state index contributed by atoms with van der Waals surface area (Å²) < 4.78 is 36.0. The number of rotatable bonds is 1. The molecule has 98 valence electrons. The molecule has 0 radical (unpaired) electrons. The Balaban J connectivity index is 2.17. The highest BCUT2D eigenvalue weighted by molar-refractivity contribution is 7.91. The molecule has 2 rings (SSSR count). The molecule has 18 heavy (non-hydrogen) atoms. The molecule has 1 aliphatic heterocycles. The molecule has 1 aromatic rings. The second kappa shape index (κ2) is 4.56. The largest absolute Gasteiger partial charge is 0.399 e. The molecule has 5 nitrogen and oxygen atoms in total. The molecule has 1 amide bonds. The number of carbonyl (C=O) groups is 1. The van der Waals surface area contributed by atoms with Crippen LogP contribution in [0, 0.1) is 5.82 Å². The van der Waals surface area contributed by atoms with Crippen molar-refractivity contribution < 1.29 is 17.6 Å². The third kappa shape index (κ3) is 2.61. The van der Waals surface area contributed by atoms with Crippen LogP contribution in [-0.4, -0.2) is 43.8 Å². The van der Waals surface area contributed by atoms with E-state index in [2.05, 4.69) is 0 Å². The van der Waals surface area contributed by atoms with E-state index in [1.54, 1.807) is 0 Å². The average molecular weight is 272 g/mol. The molecular weight excluding hydrogens is 259 g/mol. The maximum absolute atomic E-state index is 13.6. The number of benzene rings is 1. The summed E-state index contributed by atoms with van der Waals surface area (Å²) in [4.78, 5) is 13.3. The van der Waals surface area contributed by atoms with Crippen molar-refractivity contribution in [1.82, 2.24) is 4.90 Å². The minimum absolute atomic E-state index is 0.0741. The van der Waals surface area contributed by atoms with E-state index >= 15 is 0 Å². The molecule has 0 aliphatic carbocycles. The second-order valence-electron chi connectivity index (χ2n) is 4.18. The Morgan fingerprint density at radius 1 is 1.28 bits per heavy atom. The first kappa shape index (κ1) is 12.8. The van der Waals surface area contributed by atoms with E-state index in [1.165, 1.54) is 17.0 Å². The number of nitrogens with zero attached hydrogens (tertiary/aromatic N) is 1. The van der Waals surface area contributed by atoms with E-state index in [0.29, 0.717) is 0 Å². The van der Waals surface area contributed by atoms with E-state index in [9.17, 15) is 17.6 Å². The van der Waals surface area contributed by atoms with Gasteiger partial charge in [-0.15, -0.1) is 0 Å². The fourth-order valence-electron chi connectivity index (χ4n) is 1.79. The van der Waals surface area contributed by atoms with Crippen LogP contribution in [0.25, 0.3) is 0 Å². The van der Waals surface area contributed by atoms with Gasteiger partial charge in [0.25, 0.3) is 5.91 Å². The van der Waals surface area contributed by atoms with Crippen LogP contribution >= 0.6 is 0 Å². The van der Waals surface area contributed by atoms with Gasteiger partial charge in [-0.05, 0) is 18.2 Å². The number of nitrogens with two attached hydrogens (primary N) is 1. The molecule has 0 spiro atoms. The maximum atomic E-state index is 13.6. The zero-order chi connectivity index (χ0) is 13.3. The molecule has 1 fully saturated rings. The van der Waals surface area contributed by atoms with E-state index in [4.69, 9.17) is 5.73 Å². The lowest BCUT2D eigenvalue weighted by Crippen LogP contribution is -2.44. The maximum Gasteiger partial charge on any atom is 0.256 e. The minimum Gasteiger partial charge on any atom is -0.399 e. The van der Waals surface area contributed by atoms with Gasteiger partial charge in [-0.2, -0.15) is 0 Å². The number of hydrogen-bond acceptors (Lipinski definition) is 4. The first-order valence-electron chi connectivity index (χ1n) is 5.44. The molecular formula is C11H13FN2O3S. The van der Waals surface area contributed by atoms with Gasteiger partial charge in [-0.3, -0.25) is 4.79 Å². The first-order valence-corrected chi connectivity index (χ1v) is 7.26. The summed E-state index contributed by atoms with van der Waals surface area (Å²) in [5, 5.41) is 0. The van der Waals surface area contributed by atoms with Crippen LogP contribution < -0.4 is 5.73 Å². The molecule has 7 heteroatoms. The Morgan fingerprint density at radius 3 is 2.44 bits per heavy atom. The summed E-state index contributed by atoms with van der Waals surface area (Å²) in [6, 6.07) is 3.83. The highest BCUT2D eigenvalue weighted by atomic mass is 32.2. The van der Waals surface area contributed by atoms with Gasteiger partial charge >= 0.3 is 0 Å². The number of amides is 1. The third-order valence-corrected chi connectivity index (χ3v) is 4.46. The van der Waals surface area contributed by atoms with Crippen molar-refractivity contribution >= 4 is 21.4 Å². The van der Waals surface area contributed by atoms with Crippen molar-refractivity contribution in [3.05, 3.63) is 29.6 Å². The molecule has 1 aliphatic rings. The van der Waals surface area contributed by atoms with E-state index in [1.807, 2.05) is 0 Å². The Labute approximate surface area is 104 Å². The standard InChI is InChI=1S/C11H13FN2O3S/c12-10-7-8(13)1-2-9(10)11(15)14-3-5-18(16,17)6-4-14/h1-2,7H,3-6,13H2. The van der Waals surface area contributed by atoms with Crippen molar-refractivity contribution in [2.75, 3.05) is 30.3 Å². The molecule has 2 N–H and O–H groups in total. The van der Waals surface area contributed by atoms with Crippen LogP contribution in [0.5, 0.6) is 0 Å². The van der Waals surface area contributed by atoms with Gasteiger partial charge in [0.1, 0.15) is 5.82 Å². The van der Waals surface area contributed by atoms with Crippen molar-refractivity contribution in [2.45, 2.75) is 0 Å². The highest BCUT2D eigenvalue weighted by Crippen LogP contribution is 2.15. The fourth-order valence-corrected chi connectivity index (χ4v) is 2.99. The lowest BCUT2D eigenvalue weighted by Gasteiger charge is -2.26. The summed E-state index contributed by atoms with van der Waals surface area (Å²) in [5.74, 6) is -1.33. The SMILES string of the molecule is Nc1ccc(C(=O)N2CCS(=O)(=O)CC2)c(F)c1. The van der Waals surface area contributed by atoms with Crippen LogP contribution in [0.2, 0.25) is 0 Å². The Hall–Kier alpha value is -1.63. The number of carbonyl (C=O) groups excluding carboxylic acids is 1. The summed E-state index contributed by atoms with van der Waals surface area (Å²) in [5.41, 5.74) is 5.56. The molecule has 0 unspecified atom stereocenters. The van der Waals surface area contributed by atoms with Crippen LogP contribution in [0.3, 0.4) is 0 Å². The van der Waals surface area contributed by atoms with Gasteiger partial charge in [-0.1, -0.05) is 0 Å². The smallest absolute Gasteiger partial charge is 0.256 e. The van der Waals surface area contributed by atoms with Crippen molar-refractivity contribution in [1.29, 1.82) is 0 Å². The van der Waals surface area contributed by atoms with E-state index in [-0.39, 0.29) is 35.8 Å². The monoisotopic (exact) mass is 272 g/mol. The minimum atomic E-state index is -3.06. The van der Waals surface area contributed by atoms with Gasteiger partial charge in [-0.25, -0.2) is 12.8 Å². The molecule has 0 saturated carbocycles. The normalized spacial score (nSPS) is 18.6. The fraction of sp³-hybridized carbons (Fsp3) is 0.364. The summed E-state index contributed by atoms with van der Waals surface area (Å²) in [6.07, 6.45) is 0. The molecule has 1 aromatic carbocycles. The van der Waals surface area contributed by atoms with Gasteiger partial charge in [0.05, 0.1) is 17.1 Å². The number of halogens is 1. The van der Waals surface area contributed by atoms with Crippen LogP contribution in [0.4, 0.5) is 10.1 Å². The number of hydrogen-bond donors (Lipinski definition) is 1. The Morgan fingerprint density at radius 2 is 1.89 bits per heavy atom. The van der Waals surface area contributed by atoms with Crippen molar-refractivity contribution in [3.63, 3.8) is 0 Å². The molecule has 0 atom stereocenters. The molecule has 1 saturated heterocycles. The Kier molecular flexibility index (Phi) is 3.25. The van der Waals surface area contributed by atoms with Gasteiger partial charge < -0.3 is 10.6 Å². The van der Waals surface area contributed by atoms with Crippen molar-refractivity contribution in [3.8, 4) is 0 Å². The van der Waals surface area contributed by atoms with Crippen LogP contribution in [-0.2, 0) is 9.84 Å². The topological polar surface area (TPSA) is 80.5 Å². The molecule has 1 heterocycles. The molecule has 0 aromatic heterocycles. The summed E-state index contributed by atoms with van der Waals surface area (Å²) >= 11 is 0. The van der Waals surface area contributed by atoms with E-state index in [0.717, 1.165) is 6.07 Å². The molecule has 0 bridgehead atoms. The first-order chi connectivity index (χ1) is 8.39. The quantitative estimate of drug-likeness (QED) is 0.745. The van der Waals surface area contributed by atoms with E-state index < -0.39 is 21.6 Å². The number of nitrogen functional groups attached to an aromatic ring is 1. The third-order valence-electron chi connectivity index (χ3n) is 2.86. The zero-order valence-electron chi connectivity index (χ0n) is 9.60. The Bertz CT molecular complexity index is 572. The lowest BCUT2D eigenvalue weighted by molar-refractivity contribution is 0.0765. The predicted molar refractivity (Wildman–Crippen MR) is 65.4 cm³/mol. The van der Waals surface area contributed by atoms with Crippen LogP contribution in [0.1, 0.15) is 10.4 Å². The average Bonchev–Trinajstić information content (AvgIpc) is 2.28.